The molecule has 0 radical (unpaired) electrons. The summed E-state index contributed by atoms with van der Waals surface area (Å²) in [5.41, 5.74) is 1.40. The standard InChI is InChI=1S/C18H26O2/c1-3-5-14-6-8-15(9-7-14)16-10-12-17(13-11-16)20-18(19)4-2/h10-15H,3-9H2,1-2H3. The zero-order valence-corrected chi connectivity index (χ0v) is 12.7. The molecule has 0 unspecified atom stereocenters. The number of hydrogen-bond acceptors (Lipinski definition) is 2. The minimum Gasteiger partial charge on any atom is -0.427 e. The zero-order chi connectivity index (χ0) is 14.4. The molecule has 0 saturated heterocycles. The van der Waals surface area contributed by atoms with E-state index in [0.29, 0.717) is 18.1 Å². The van der Waals surface area contributed by atoms with Gasteiger partial charge in [-0.15, -0.1) is 0 Å². The van der Waals surface area contributed by atoms with Crippen LogP contribution in [0.4, 0.5) is 0 Å². The molecule has 0 spiro atoms. The van der Waals surface area contributed by atoms with Crippen LogP contribution in [0.15, 0.2) is 24.3 Å². The number of rotatable bonds is 5. The van der Waals surface area contributed by atoms with Crippen LogP contribution in [0, 0.1) is 5.92 Å². The van der Waals surface area contributed by atoms with Gasteiger partial charge in [-0.05, 0) is 55.2 Å². The lowest BCUT2D eigenvalue weighted by Gasteiger charge is -2.28. The van der Waals surface area contributed by atoms with E-state index in [4.69, 9.17) is 4.74 Å². The fraction of sp³-hybridized carbons (Fsp3) is 0.611. The molecule has 1 saturated carbocycles. The lowest BCUT2D eigenvalue weighted by Crippen LogP contribution is -2.13. The third kappa shape index (κ3) is 4.09. The number of carbonyl (C=O) groups is 1. The first-order valence-electron chi connectivity index (χ1n) is 8.03. The van der Waals surface area contributed by atoms with Gasteiger partial charge in [-0.3, -0.25) is 4.79 Å². The Kier molecular flexibility index (Phi) is 5.63. The third-order valence-corrected chi connectivity index (χ3v) is 4.42. The molecule has 0 amide bonds. The lowest BCUT2D eigenvalue weighted by molar-refractivity contribution is -0.134. The molecule has 20 heavy (non-hydrogen) atoms. The minimum absolute atomic E-state index is 0.169. The van der Waals surface area contributed by atoms with Crippen LogP contribution < -0.4 is 4.74 Å². The summed E-state index contributed by atoms with van der Waals surface area (Å²) in [7, 11) is 0. The van der Waals surface area contributed by atoms with Crippen molar-refractivity contribution in [1.29, 1.82) is 0 Å². The van der Waals surface area contributed by atoms with Crippen LogP contribution in [0.2, 0.25) is 0 Å². The summed E-state index contributed by atoms with van der Waals surface area (Å²) in [4.78, 5) is 11.2. The topological polar surface area (TPSA) is 26.3 Å². The third-order valence-electron chi connectivity index (χ3n) is 4.42. The summed E-state index contributed by atoms with van der Waals surface area (Å²) < 4.78 is 5.22. The Balaban J connectivity index is 1.89. The van der Waals surface area contributed by atoms with Gasteiger partial charge in [0.2, 0.25) is 0 Å². The van der Waals surface area contributed by atoms with Crippen molar-refractivity contribution in [3.05, 3.63) is 29.8 Å². The summed E-state index contributed by atoms with van der Waals surface area (Å²) in [5, 5.41) is 0. The number of ether oxygens (including phenoxy) is 1. The maximum absolute atomic E-state index is 11.2. The van der Waals surface area contributed by atoms with Crippen LogP contribution in [0.1, 0.15) is 70.3 Å². The second kappa shape index (κ2) is 7.47. The number of esters is 1. The molecule has 110 valence electrons. The fourth-order valence-corrected chi connectivity index (χ4v) is 3.20. The Morgan fingerprint density at radius 2 is 1.75 bits per heavy atom. The molecule has 0 N–H and O–H groups in total. The van der Waals surface area contributed by atoms with Gasteiger partial charge in [-0.25, -0.2) is 0 Å². The van der Waals surface area contributed by atoms with Crippen LogP contribution in [0.25, 0.3) is 0 Å². The maximum atomic E-state index is 11.2. The van der Waals surface area contributed by atoms with Crippen LogP contribution in [-0.2, 0) is 4.79 Å². The normalized spacial score (nSPS) is 22.5. The monoisotopic (exact) mass is 274 g/mol. The van der Waals surface area contributed by atoms with Crippen molar-refractivity contribution >= 4 is 5.97 Å². The largest absolute Gasteiger partial charge is 0.427 e. The van der Waals surface area contributed by atoms with Crippen molar-refractivity contribution in [1.82, 2.24) is 0 Å². The summed E-state index contributed by atoms with van der Waals surface area (Å²) >= 11 is 0. The van der Waals surface area contributed by atoms with Crippen LogP contribution in [0.3, 0.4) is 0 Å². The fourth-order valence-electron chi connectivity index (χ4n) is 3.20. The van der Waals surface area contributed by atoms with Gasteiger partial charge >= 0.3 is 5.97 Å². The maximum Gasteiger partial charge on any atom is 0.310 e. The van der Waals surface area contributed by atoms with E-state index in [1.165, 1.54) is 44.1 Å². The van der Waals surface area contributed by atoms with E-state index in [1.54, 1.807) is 0 Å². The molecule has 1 aromatic rings. The molecule has 2 heteroatoms. The van der Waals surface area contributed by atoms with E-state index >= 15 is 0 Å². The SMILES string of the molecule is CCCC1CCC(c2ccc(OC(=O)CC)cc2)CC1. The van der Waals surface area contributed by atoms with Crippen molar-refractivity contribution in [2.75, 3.05) is 0 Å². The Morgan fingerprint density at radius 1 is 1.10 bits per heavy atom. The average Bonchev–Trinajstić information content (AvgIpc) is 2.49. The highest BCUT2D eigenvalue weighted by molar-refractivity contribution is 5.71. The predicted molar refractivity (Wildman–Crippen MR) is 82.0 cm³/mol. The average molecular weight is 274 g/mol. The first-order chi connectivity index (χ1) is 9.72. The van der Waals surface area contributed by atoms with Gasteiger partial charge in [-0.2, -0.15) is 0 Å². The summed E-state index contributed by atoms with van der Waals surface area (Å²) in [6.07, 6.45) is 8.46. The first-order valence-corrected chi connectivity index (χ1v) is 8.03. The van der Waals surface area contributed by atoms with Crippen LogP contribution in [-0.4, -0.2) is 5.97 Å². The number of hydrogen-bond donors (Lipinski definition) is 0. The van der Waals surface area contributed by atoms with Gasteiger partial charge in [0.15, 0.2) is 0 Å². The molecule has 2 rings (SSSR count). The molecule has 1 aliphatic rings. The van der Waals surface area contributed by atoms with Gasteiger partial charge in [0.05, 0.1) is 0 Å². The molecule has 1 fully saturated rings. The van der Waals surface area contributed by atoms with E-state index < -0.39 is 0 Å². The lowest BCUT2D eigenvalue weighted by atomic mass is 9.77. The zero-order valence-electron chi connectivity index (χ0n) is 12.7. The van der Waals surface area contributed by atoms with E-state index in [2.05, 4.69) is 19.1 Å². The van der Waals surface area contributed by atoms with Crippen LogP contribution >= 0.6 is 0 Å². The van der Waals surface area contributed by atoms with Crippen molar-refractivity contribution in [3.8, 4) is 5.75 Å². The number of benzene rings is 1. The minimum atomic E-state index is -0.169. The van der Waals surface area contributed by atoms with Crippen molar-refractivity contribution in [3.63, 3.8) is 0 Å². The van der Waals surface area contributed by atoms with E-state index in [9.17, 15) is 4.79 Å². The predicted octanol–water partition coefficient (Wildman–Crippen LogP) is 5.08. The van der Waals surface area contributed by atoms with Crippen LogP contribution in [0.5, 0.6) is 5.75 Å². The molecule has 1 aliphatic carbocycles. The second-order valence-electron chi connectivity index (χ2n) is 5.90. The number of carbonyl (C=O) groups excluding carboxylic acids is 1. The highest BCUT2D eigenvalue weighted by atomic mass is 16.5. The first kappa shape index (κ1) is 15.1. The summed E-state index contributed by atoms with van der Waals surface area (Å²) in [6.45, 7) is 4.09. The van der Waals surface area contributed by atoms with Crippen molar-refractivity contribution < 1.29 is 9.53 Å². The molecule has 0 atom stereocenters. The van der Waals surface area contributed by atoms with Crippen molar-refractivity contribution in [2.24, 2.45) is 5.92 Å². The molecule has 0 bridgehead atoms. The molecule has 0 aromatic heterocycles. The second-order valence-corrected chi connectivity index (χ2v) is 5.90. The summed E-state index contributed by atoms with van der Waals surface area (Å²) in [5.74, 6) is 2.14. The molecular formula is C18H26O2. The van der Waals surface area contributed by atoms with Gasteiger partial charge in [-0.1, -0.05) is 38.8 Å². The molecule has 0 heterocycles. The Labute approximate surface area is 122 Å². The van der Waals surface area contributed by atoms with E-state index in [0.717, 1.165) is 5.92 Å². The Bertz CT molecular complexity index is 414. The Hall–Kier alpha value is -1.31. The Morgan fingerprint density at radius 3 is 2.30 bits per heavy atom. The van der Waals surface area contributed by atoms with Gasteiger partial charge in [0.1, 0.15) is 5.75 Å². The smallest absolute Gasteiger partial charge is 0.310 e. The molecular weight excluding hydrogens is 248 g/mol. The van der Waals surface area contributed by atoms with Gasteiger partial charge in [0, 0.05) is 6.42 Å². The van der Waals surface area contributed by atoms with Gasteiger partial charge in [0.25, 0.3) is 0 Å². The highest BCUT2D eigenvalue weighted by Crippen LogP contribution is 2.37. The van der Waals surface area contributed by atoms with Gasteiger partial charge < -0.3 is 4.74 Å². The van der Waals surface area contributed by atoms with E-state index in [-0.39, 0.29) is 5.97 Å². The quantitative estimate of drug-likeness (QED) is 0.553. The highest BCUT2D eigenvalue weighted by Gasteiger charge is 2.21. The van der Waals surface area contributed by atoms with E-state index in [1.807, 2.05) is 19.1 Å². The molecule has 1 aromatic carbocycles. The summed E-state index contributed by atoms with van der Waals surface area (Å²) in [6, 6.07) is 8.12. The molecule has 0 aliphatic heterocycles. The van der Waals surface area contributed by atoms with Crippen molar-refractivity contribution in [2.45, 2.75) is 64.7 Å². The molecule has 2 nitrogen and oxygen atoms in total.